The molecular formula is C12H17NO2. The first-order valence-electron chi connectivity index (χ1n) is 5.52. The molecule has 0 saturated heterocycles. The summed E-state index contributed by atoms with van der Waals surface area (Å²) in [6.45, 7) is 3.62. The first-order chi connectivity index (χ1) is 7.11. The molecule has 15 heavy (non-hydrogen) atoms. The van der Waals surface area contributed by atoms with Gasteiger partial charge in [-0.3, -0.25) is 4.79 Å². The van der Waals surface area contributed by atoms with E-state index in [1.54, 1.807) is 17.6 Å². The van der Waals surface area contributed by atoms with Gasteiger partial charge >= 0.3 is 0 Å². The number of pyridine rings is 1. The minimum atomic E-state index is -0.491. The molecule has 0 radical (unpaired) electrons. The molecule has 2 unspecified atom stereocenters. The van der Waals surface area contributed by atoms with Crippen LogP contribution >= 0.6 is 0 Å². The molecule has 0 amide bonds. The molecular weight excluding hydrogens is 190 g/mol. The van der Waals surface area contributed by atoms with Gasteiger partial charge in [0.05, 0.1) is 12.1 Å². The van der Waals surface area contributed by atoms with Gasteiger partial charge in [0.1, 0.15) is 0 Å². The number of rotatable bonds is 2. The van der Waals surface area contributed by atoms with Crippen molar-refractivity contribution in [3.8, 4) is 0 Å². The van der Waals surface area contributed by atoms with E-state index >= 15 is 0 Å². The Balaban J connectivity index is 2.55. The van der Waals surface area contributed by atoms with E-state index in [0.717, 1.165) is 25.0 Å². The zero-order chi connectivity index (χ0) is 11.0. The molecule has 1 aromatic rings. The van der Waals surface area contributed by atoms with Crippen LogP contribution < -0.4 is 5.56 Å². The second-order valence-electron chi connectivity index (χ2n) is 4.35. The molecule has 0 fully saturated rings. The van der Waals surface area contributed by atoms with Gasteiger partial charge in [-0.2, -0.15) is 0 Å². The van der Waals surface area contributed by atoms with Crippen molar-refractivity contribution in [3.63, 3.8) is 0 Å². The number of fused-ring (bicyclic) bond motifs is 1. The van der Waals surface area contributed by atoms with Crippen molar-refractivity contribution >= 4 is 0 Å². The molecule has 0 saturated carbocycles. The van der Waals surface area contributed by atoms with E-state index in [1.165, 1.54) is 5.56 Å². The van der Waals surface area contributed by atoms with E-state index < -0.39 is 6.10 Å². The number of aliphatic hydroxyl groups excluding tert-OH is 1. The lowest BCUT2D eigenvalue weighted by Gasteiger charge is -2.21. The van der Waals surface area contributed by atoms with Gasteiger partial charge in [-0.25, -0.2) is 0 Å². The average Bonchev–Trinajstić information content (AvgIpc) is 2.64. The quantitative estimate of drug-likeness (QED) is 0.793. The lowest BCUT2D eigenvalue weighted by molar-refractivity contribution is 0.135. The molecule has 82 valence electrons. The van der Waals surface area contributed by atoms with Crippen LogP contribution in [0, 0.1) is 0 Å². The monoisotopic (exact) mass is 207 g/mol. The smallest absolute Gasteiger partial charge is 0.251 e. The summed E-state index contributed by atoms with van der Waals surface area (Å²) in [5.41, 5.74) is 2.39. The van der Waals surface area contributed by atoms with E-state index in [2.05, 4.69) is 0 Å². The van der Waals surface area contributed by atoms with Crippen molar-refractivity contribution < 1.29 is 5.11 Å². The van der Waals surface area contributed by atoms with Crippen LogP contribution in [0.5, 0.6) is 0 Å². The maximum atomic E-state index is 11.8. The lowest BCUT2D eigenvalue weighted by Crippen LogP contribution is -2.31. The second-order valence-corrected chi connectivity index (χ2v) is 4.35. The molecule has 0 spiro atoms. The molecule has 2 rings (SSSR count). The summed E-state index contributed by atoms with van der Waals surface area (Å²) in [5.74, 6) is 0. The largest absolute Gasteiger partial charge is 0.391 e. The molecule has 3 heteroatoms. The highest BCUT2D eigenvalue weighted by atomic mass is 16.3. The topological polar surface area (TPSA) is 42.2 Å². The molecule has 0 bridgehead atoms. The Labute approximate surface area is 89.4 Å². The summed E-state index contributed by atoms with van der Waals surface area (Å²) >= 11 is 0. The van der Waals surface area contributed by atoms with Crippen LogP contribution in [0.1, 0.15) is 37.6 Å². The first-order valence-corrected chi connectivity index (χ1v) is 5.52. The van der Waals surface area contributed by atoms with E-state index in [0.29, 0.717) is 0 Å². The van der Waals surface area contributed by atoms with Gasteiger partial charge in [-0.15, -0.1) is 0 Å². The maximum Gasteiger partial charge on any atom is 0.251 e. The maximum absolute atomic E-state index is 11.8. The Hall–Kier alpha value is -1.09. The Kier molecular flexibility index (Phi) is 2.65. The molecule has 1 aliphatic carbocycles. The van der Waals surface area contributed by atoms with Crippen molar-refractivity contribution in [1.82, 2.24) is 4.57 Å². The Morgan fingerprint density at radius 1 is 1.33 bits per heavy atom. The summed E-state index contributed by atoms with van der Waals surface area (Å²) in [7, 11) is 0. The van der Waals surface area contributed by atoms with Crippen LogP contribution in [0.3, 0.4) is 0 Å². The number of hydrogen-bond donors (Lipinski definition) is 1. The van der Waals surface area contributed by atoms with Crippen LogP contribution in [-0.2, 0) is 12.8 Å². The minimum absolute atomic E-state index is 0.00375. The fourth-order valence-corrected chi connectivity index (χ4v) is 2.25. The highest BCUT2D eigenvalue weighted by Crippen LogP contribution is 2.23. The molecule has 1 heterocycles. The van der Waals surface area contributed by atoms with Crippen LogP contribution in [0.4, 0.5) is 0 Å². The Bertz CT molecular complexity index is 420. The summed E-state index contributed by atoms with van der Waals surface area (Å²) in [6, 6.07) is 3.41. The van der Waals surface area contributed by atoms with E-state index in [1.807, 2.05) is 13.0 Å². The standard InChI is InChI=1S/C12H17NO2/c1-8(9(2)14)13-11-5-3-4-10(11)6-7-12(13)15/h6-9,14H,3-5H2,1-2H3. The summed E-state index contributed by atoms with van der Waals surface area (Å²) in [5, 5.41) is 9.57. The number of aromatic nitrogens is 1. The zero-order valence-corrected chi connectivity index (χ0v) is 9.23. The first kappa shape index (κ1) is 10.4. The highest BCUT2D eigenvalue weighted by Gasteiger charge is 2.21. The molecule has 3 nitrogen and oxygen atoms in total. The predicted molar refractivity (Wildman–Crippen MR) is 59.1 cm³/mol. The van der Waals surface area contributed by atoms with E-state index in [-0.39, 0.29) is 11.6 Å². The van der Waals surface area contributed by atoms with Crippen LogP contribution in [-0.4, -0.2) is 15.8 Å². The summed E-state index contributed by atoms with van der Waals surface area (Å²) in [4.78, 5) is 11.8. The van der Waals surface area contributed by atoms with E-state index in [9.17, 15) is 9.90 Å². The fraction of sp³-hybridized carbons (Fsp3) is 0.583. The third kappa shape index (κ3) is 1.72. The molecule has 1 aromatic heterocycles. The average molecular weight is 207 g/mol. The van der Waals surface area contributed by atoms with Crippen LogP contribution in [0.25, 0.3) is 0 Å². The predicted octanol–water partition coefficient (Wildman–Crippen LogP) is 1.28. The second kappa shape index (κ2) is 3.81. The zero-order valence-electron chi connectivity index (χ0n) is 9.23. The fourth-order valence-electron chi connectivity index (χ4n) is 2.25. The number of aliphatic hydroxyl groups is 1. The number of hydrogen-bond acceptors (Lipinski definition) is 2. The molecule has 1 aliphatic rings. The van der Waals surface area contributed by atoms with Crippen LogP contribution in [0.2, 0.25) is 0 Å². The molecule has 0 aromatic carbocycles. The van der Waals surface area contributed by atoms with Gasteiger partial charge in [-0.05, 0) is 38.7 Å². The lowest BCUT2D eigenvalue weighted by atomic mass is 10.1. The summed E-state index contributed by atoms with van der Waals surface area (Å²) in [6.07, 6.45) is 2.64. The van der Waals surface area contributed by atoms with Gasteiger partial charge in [0.25, 0.3) is 5.56 Å². The van der Waals surface area contributed by atoms with Crippen molar-refractivity contribution in [1.29, 1.82) is 0 Å². The van der Waals surface area contributed by atoms with Gasteiger partial charge < -0.3 is 9.67 Å². The van der Waals surface area contributed by atoms with Gasteiger partial charge in [-0.1, -0.05) is 6.07 Å². The van der Waals surface area contributed by atoms with Crippen molar-refractivity contribution in [2.75, 3.05) is 0 Å². The Morgan fingerprint density at radius 2 is 2.07 bits per heavy atom. The third-order valence-electron chi connectivity index (χ3n) is 3.29. The molecule has 2 atom stereocenters. The van der Waals surface area contributed by atoms with Crippen LogP contribution in [0.15, 0.2) is 16.9 Å². The Morgan fingerprint density at radius 3 is 2.73 bits per heavy atom. The number of nitrogens with zero attached hydrogens (tertiary/aromatic N) is 1. The summed E-state index contributed by atoms with van der Waals surface area (Å²) < 4.78 is 1.76. The molecule has 1 N–H and O–H groups in total. The molecule has 0 aliphatic heterocycles. The van der Waals surface area contributed by atoms with Crippen molar-refractivity contribution in [3.05, 3.63) is 33.7 Å². The third-order valence-corrected chi connectivity index (χ3v) is 3.29. The van der Waals surface area contributed by atoms with Gasteiger partial charge in [0.2, 0.25) is 0 Å². The van der Waals surface area contributed by atoms with Gasteiger partial charge in [0.15, 0.2) is 0 Å². The normalized spacial score (nSPS) is 18.6. The minimum Gasteiger partial charge on any atom is -0.391 e. The van der Waals surface area contributed by atoms with Crippen molar-refractivity contribution in [2.24, 2.45) is 0 Å². The van der Waals surface area contributed by atoms with E-state index in [4.69, 9.17) is 0 Å². The van der Waals surface area contributed by atoms with Gasteiger partial charge in [0, 0.05) is 11.8 Å². The highest BCUT2D eigenvalue weighted by molar-refractivity contribution is 5.26. The SMILES string of the molecule is CC(O)C(C)n1c2c(ccc1=O)CCC2. The number of aryl methyl sites for hydroxylation is 1. The van der Waals surface area contributed by atoms with Crippen molar-refractivity contribution in [2.45, 2.75) is 45.3 Å².